The van der Waals surface area contributed by atoms with Gasteiger partial charge in [-0.3, -0.25) is 4.79 Å². The first-order valence-electron chi connectivity index (χ1n) is 5.10. The number of carbonyl (C=O) groups is 1. The highest BCUT2D eigenvalue weighted by Crippen LogP contribution is 2.38. The van der Waals surface area contributed by atoms with Crippen LogP contribution in [0.15, 0.2) is 18.2 Å². The lowest BCUT2D eigenvalue weighted by Crippen LogP contribution is -2.28. The first-order chi connectivity index (χ1) is 8.10. The number of ether oxygens (including phenoxy) is 1. The van der Waals surface area contributed by atoms with Crippen LogP contribution in [0.2, 0.25) is 0 Å². The van der Waals surface area contributed by atoms with Crippen LogP contribution in [0.3, 0.4) is 0 Å². The Morgan fingerprint density at radius 3 is 2.22 bits per heavy atom. The number of benzene rings is 1. The summed E-state index contributed by atoms with van der Waals surface area (Å²) in [6.07, 6.45) is -4.53. The quantitative estimate of drug-likeness (QED) is 0.910. The molecule has 100 valence electrons. The minimum atomic E-state index is -4.53. The number of hydrogen-bond acceptors (Lipinski definition) is 2. The minimum absolute atomic E-state index is 0.250. The predicted octanol–water partition coefficient (Wildman–Crippen LogP) is 3.08. The van der Waals surface area contributed by atoms with Crippen molar-refractivity contribution in [3.8, 4) is 5.75 Å². The van der Waals surface area contributed by atoms with E-state index in [0.29, 0.717) is 0 Å². The van der Waals surface area contributed by atoms with E-state index in [2.05, 4.69) is 4.74 Å². The van der Waals surface area contributed by atoms with Crippen molar-refractivity contribution in [2.24, 2.45) is 0 Å². The molecule has 1 N–H and O–H groups in total. The van der Waals surface area contributed by atoms with Gasteiger partial charge >= 0.3 is 12.1 Å². The molecule has 0 aliphatic heterocycles. The van der Waals surface area contributed by atoms with Gasteiger partial charge in [-0.1, -0.05) is 6.07 Å². The lowest BCUT2D eigenvalue weighted by Gasteiger charge is -2.21. The maximum atomic E-state index is 12.6. The number of carboxylic acid groups (broad SMARTS) is 1. The van der Waals surface area contributed by atoms with Crippen molar-refractivity contribution in [1.29, 1.82) is 0 Å². The highest BCUT2D eigenvalue weighted by atomic mass is 19.4. The van der Waals surface area contributed by atoms with Gasteiger partial charge in [0.15, 0.2) is 0 Å². The fourth-order valence-corrected chi connectivity index (χ4v) is 1.44. The molecule has 0 saturated heterocycles. The van der Waals surface area contributed by atoms with Crippen molar-refractivity contribution >= 4 is 5.97 Å². The van der Waals surface area contributed by atoms with Crippen LogP contribution in [0.4, 0.5) is 13.2 Å². The van der Waals surface area contributed by atoms with Gasteiger partial charge in [0, 0.05) is 0 Å². The highest BCUT2D eigenvalue weighted by molar-refractivity contribution is 5.80. The van der Waals surface area contributed by atoms with Crippen molar-refractivity contribution in [1.82, 2.24) is 0 Å². The van der Waals surface area contributed by atoms with Crippen LogP contribution in [0.1, 0.15) is 25.0 Å². The van der Waals surface area contributed by atoms with Crippen LogP contribution in [0.25, 0.3) is 0 Å². The molecular formula is C12H13F3O3. The molecule has 18 heavy (non-hydrogen) atoms. The standard InChI is InChI=1S/C12H13F3O3/c1-11(2,10(16)17)7-4-5-8(12(13,14)15)9(6-7)18-3/h4-6H,1-3H3,(H,16,17). The Balaban J connectivity index is 3.35. The van der Waals surface area contributed by atoms with Crippen molar-refractivity contribution < 1.29 is 27.8 Å². The summed E-state index contributed by atoms with van der Waals surface area (Å²) >= 11 is 0. The smallest absolute Gasteiger partial charge is 0.419 e. The van der Waals surface area contributed by atoms with Crippen LogP contribution in [0, 0.1) is 0 Å². The second-order valence-corrected chi connectivity index (χ2v) is 4.34. The Morgan fingerprint density at radius 1 is 1.28 bits per heavy atom. The lowest BCUT2D eigenvalue weighted by atomic mass is 9.84. The number of aliphatic carboxylic acids is 1. The van der Waals surface area contributed by atoms with Gasteiger partial charge in [-0.05, 0) is 31.5 Å². The molecule has 0 radical (unpaired) electrons. The van der Waals surface area contributed by atoms with Gasteiger partial charge in [-0.25, -0.2) is 0 Å². The third-order valence-corrected chi connectivity index (χ3v) is 2.76. The van der Waals surface area contributed by atoms with Crippen LogP contribution < -0.4 is 4.74 Å². The highest BCUT2D eigenvalue weighted by Gasteiger charge is 2.36. The summed E-state index contributed by atoms with van der Waals surface area (Å²) in [4.78, 5) is 11.0. The fourth-order valence-electron chi connectivity index (χ4n) is 1.44. The third-order valence-electron chi connectivity index (χ3n) is 2.76. The van der Waals surface area contributed by atoms with Gasteiger partial charge < -0.3 is 9.84 Å². The summed E-state index contributed by atoms with van der Waals surface area (Å²) in [6, 6.07) is 3.09. The molecule has 0 aliphatic rings. The van der Waals surface area contributed by atoms with Gasteiger partial charge in [0.2, 0.25) is 0 Å². The molecule has 0 atom stereocenters. The number of carboxylic acids is 1. The number of alkyl halides is 3. The molecular weight excluding hydrogens is 249 g/mol. The van der Waals surface area contributed by atoms with Crippen LogP contribution >= 0.6 is 0 Å². The molecule has 6 heteroatoms. The zero-order chi connectivity index (χ0) is 14.1. The first-order valence-corrected chi connectivity index (χ1v) is 5.10. The average Bonchev–Trinajstić information content (AvgIpc) is 2.26. The van der Waals surface area contributed by atoms with Crippen molar-refractivity contribution in [2.75, 3.05) is 7.11 Å². The molecule has 0 aromatic heterocycles. The van der Waals surface area contributed by atoms with E-state index >= 15 is 0 Å². The molecule has 1 aromatic carbocycles. The zero-order valence-electron chi connectivity index (χ0n) is 10.1. The molecule has 0 bridgehead atoms. The van der Waals surface area contributed by atoms with E-state index in [-0.39, 0.29) is 11.3 Å². The van der Waals surface area contributed by atoms with E-state index in [4.69, 9.17) is 5.11 Å². The largest absolute Gasteiger partial charge is 0.496 e. The second kappa shape index (κ2) is 4.51. The summed E-state index contributed by atoms with van der Waals surface area (Å²) in [5.41, 5.74) is -1.95. The summed E-state index contributed by atoms with van der Waals surface area (Å²) in [6.45, 7) is 2.83. The predicted molar refractivity (Wildman–Crippen MR) is 58.7 cm³/mol. The summed E-state index contributed by atoms with van der Waals surface area (Å²) in [5, 5.41) is 9.02. The Labute approximate surface area is 102 Å². The molecule has 0 aliphatic carbocycles. The van der Waals surface area contributed by atoms with E-state index in [1.165, 1.54) is 13.8 Å². The molecule has 0 heterocycles. The van der Waals surface area contributed by atoms with Crippen molar-refractivity contribution in [3.63, 3.8) is 0 Å². The Hall–Kier alpha value is -1.72. The Bertz CT molecular complexity index is 464. The number of rotatable bonds is 3. The normalized spacial score (nSPS) is 12.3. The van der Waals surface area contributed by atoms with Gasteiger partial charge in [-0.2, -0.15) is 13.2 Å². The number of halogens is 3. The van der Waals surface area contributed by atoms with Crippen LogP contribution in [0.5, 0.6) is 5.75 Å². The molecule has 1 aromatic rings. The number of hydrogen-bond donors (Lipinski definition) is 1. The van der Waals surface area contributed by atoms with Crippen molar-refractivity contribution in [3.05, 3.63) is 29.3 Å². The maximum absolute atomic E-state index is 12.6. The lowest BCUT2D eigenvalue weighted by molar-refractivity contribution is -0.142. The van der Waals surface area contributed by atoms with Gasteiger partial charge in [0.05, 0.1) is 18.1 Å². The van der Waals surface area contributed by atoms with Crippen LogP contribution in [-0.2, 0) is 16.4 Å². The van der Waals surface area contributed by atoms with Crippen LogP contribution in [-0.4, -0.2) is 18.2 Å². The van der Waals surface area contributed by atoms with E-state index in [1.807, 2.05) is 0 Å². The molecule has 0 amide bonds. The Morgan fingerprint density at radius 2 is 1.83 bits per heavy atom. The summed E-state index contributed by atoms with van der Waals surface area (Å²) in [7, 11) is 1.11. The summed E-state index contributed by atoms with van der Waals surface area (Å²) < 4.78 is 42.6. The van der Waals surface area contributed by atoms with E-state index in [1.54, 1.807) is 0 Å². The molecule has 0 fully saturated rings. The third kappa shape index (κ3) is 2.57. The summed E-state index contributed by atoms with van der Waals surface area (Å²) in [5.74, 6) is -1.50. The second-order valence-electron chi connectivity index (χ2n) is 4.34. The van der Waals surface area contributed by atoms with Gasteiger partial charge in [0.25, 0.3) is 0 Å². The zero-order valence-corrected chi connectivity index (χ0v) is 10.1. The molecule has 3 nitrogen and oxygen atoms in total. The van der Waals surface area contributed by atoms with Gasteiger partial charge in [0.1, 0.15) is 5.75 Å². The molecule has 0 spiro atoms. The van der Waals surface area contributed by atoms with Gasteiger partial charge in [-0.15, -0.1) is 0 Å². The minimum Gasteiger partial charge on any atom is -0.496 e. The van der Waals surface area contributed by atoms with E-state index < -0.39 is 23.1 Å². The molecule has 0 saturated carbocycles. The van der Waals surface area contributed by atoms with Crippen molar-refractivity contribution in [2.45, 2.75) is 25.4 Å². The SMILES string of the molecule is COc1cc(C(C)(C)C(=O)O)ccc1C(F)(F)F. The Kier molecular flexibility index (Phi) is 3.59. The van der Waals surface area contributed by atoms with E-state index in [0.717, 1.165) is 25.3 Å². The number of methoxy groups -OCH3 is 1. The topological polar surface area (TPSA) is 46.5 Å². The first kappa shape index (κ1) is 14.3. The maximum Gasteiger partial charge on any atom is 0.419 e. The fraction of sp³-hybridized carbons (Fsp3) is 0.417. The molecule has 1 rings (SSSR count). The monoisotopic (exact) mass is 262 g/mol. The average molecular weight is 262 g/mol. The van der Waals surface area contributed by atoms with E-state index in [9.17, 15) is 18.0 Å². The molecule has 0 unspecified atom stereocenters.